The summed E-state index contributed by atoms with van der Waals surface area (Å²) in [4.78, 5) is 12.8. The number of aromatic nitrogens is 3. The lowest BCUT2D eigenvalue weighted by molar-refractivity contribution is 0.0340. The maximum absolute atomic E-state index is 12.8. The Kier molecular flexibility index (Phi) is 5.22. The highest BCUT2D eigenvalue weighted by Crippen LogP contribution is 2.31. The first kappa shape index (κ1) is 18.1. The quantitative estimate of drug-likeness (QED) is 0.874. The number of aryl methyl sites for hydroxylation is 1. The molecule has 1 fully saturated rings. The van der Waals surface area contributed by atoms with E-state index in [1.807, 2.05) is 6.92 Å². The molecular formula is C20H26N4O3. The van der Waals surface area contributed by atoms with Crippen molar-refractivity contribution < 1.29 is 14.3 Å². The van der Waals surface area contributed by atoms with Crippen LogP contribution in [0, 0.1) is 6.92 Å². The summed E-state index contributed by atoms with van der Waals surface area (Å²) in [6.07, 6.45) is 4.73. The number of amides is 1. The summed E-state index contributed by atoms with van der Waals surface area (Å²) in [5.41, 5.74) is 4.21. The van der Waals surface area contributed by atoms with Gasteiger partial charge in [0.1, 0.15) is 12.1 Å². The van der Waals surface area contributed by atoms with E-state index in [0.717, 1.165) is 19.3 Å². The van der Waals surface area contributed by atoms with E-state index in [9.17, 15) is 4.79 Å². The lowest BCUT2D eigenvalue weighted by Gasteiger charge is -2.27. The molecule has 7 heteroatoms. The highest BCUT2D eigenvalue weighted by atomic mass is 16.5. The van der Waals surface area contributed by atoms with Crippen LogP contribution in [-0.2, 0) is 15.9 Å². The molecule has 2 heterocycles. The van der Waals surface area contributed by atoms with Crippen LogP contribution in [0.15, 0.2) is 24.4 Å². The normalized spacial score (nSPS) is 24.6. The summed E-state index contributed by atoms with van der Waals surface area (Å²) in [5, 5.41) is 11.4. The standard InChI is InChI=1S/C20H26N4O3/c1-3-27-19-12-26-11-18(19)24-10-17(22-23-24)20(25)21-16-9-5-7-14-13(2)6-4-8-15(14)16/h4,6,8,10,16,18-19H,3,5,7,9,11-12H2,1-2H3,(H,21,25)/t16?,18-,19-/m1/s1. The Morgan fingerprint density at radius 1 is 1.41 bits per heavy atom. The molecule has 0 spiro atoms. The minimum absolute atomic E-state index is 0.0253. The number of fused-ring (bicyclic) bond motifs is 1. The van der Waals surface area contributed by atoms with Crippen molar-refractivity contribution in [1.82, 2.24) is 20.3 Å². The largest absolute Gasteiger partial charge is 0.376 e. The van der Waals surface area contributed by atoms with Crippen LogP contribution in [0.5, 0.6) is 0 Å². The average molecular weight is 370 g/mol. The Labute approximate surface area is 159 Å². The van der Waals surface area contributed by atoms with Crippen molar-refractivity contribution >= 4 is 5.91 Å². The molecule has 2 aromatic rings. The highest BCUT2D eigenvalue weighted by Gasteiger charge is 2.32. The van der Waals surface area contributed by atoms with Crippen molar-refractivity contribution in [2.24, 2.45) is 0 Å². The Morgan fingerprint density at radius 3 is 3.15 bits per heavy atom. The number of ether oxygens (including phenoxy) is 2. The van der Waals surface area contributed by atoms with Gasteiger partial charge in [-0.25, -0.2) is 4.68 Å². The Balaban J connectivity index is 1.48. The van der Waals surface area contributed by atoms with Crippen LogP contribution in [0.2, 0.25) is 0 Å². The number of hydrogen-bond acceptors (Lipinski definition) is 5. The van der Waals surface area contributed by atoms with Gasteiger partial charge >= 0.3 is 0 Å². The van der Waals surface area contributed by atoms with Crippen molar-refractivity contribution in [2.75, 3.05) is 19.8 Å². The fourth-order valence-corrected chi connectivity index (χ4v) is 4.10. The van der Waals surface area contributed by atoms with E-state index in [4.69, 9.17) is 9.47 Å². The van der Waals surface area contributed by atoms with E-state index in [2.05, 4.69) is 40.8 Å². The molecule has 144 valence electrons. The smallest absolute Gasteiger partial charge is 0.273 e. The number of carbonyl (C=O) groups excluding carboxylic acids is 1. The van der Waals surface area contributed by atoms with Crippen LogP contribution >= 0.6 is 0 Å². The summed E-state index contributed by atoms with van der Waals surface area (Å²) >= 11 is 0. The Bertz CT molecular complexity index is 819. The maximum Gasteiger partial charge on any atom is 0.273 e. The SMILES string of the molecule is CCO[C@@H]1COC[C@H]1n1cc(C(=O)NC2CCCc3c(C)cccc32)nn1. The zero-order chi connectivity index (χ0) is 18.8. The molecule has 1 saturated heterocycles. The van der Waals surface area contributed by atoms with Gasteiger partial charge < -0.3 is 14.8 Å². The number of carbonyl (C=O) groups is 1. The molecule has 2 aliphatic rings. The summed E-state index contributed by atoms with van der Waals surface area (Å²) in [7, 11) is 0. The molecule has 1 aliphatic carbocycles. The first-order chi connectivity index (χ1) is 13.2. The summed E-state index contributed by atoms with van der Waals surface area (Å²) in [6.45, 7) is 5.77. The van der Waals surface area contributed by atoms with Gasteiger partial charge in [-0.15, -0.1) is 5.10 Å². The second-order valence-corrected chi connectivity index (χ2v) is 7.24. The summed E-state index contributed by atoms with van der Waals surface area (Å²) in [6, 6.07) is 6.29. The van der Waals surface area contributed by atoms with Gasteiger partial charge in [-0.05, 0) is 49.8 Å². The van der Waals surface area contributed by atoms with Crippen LogP contribution in [0.25, 0.3) is 0 Å². The van der Waals surface area contributed by atoms with Gasteiger partial charge in [0.05, 0.1) is 25.5 Å². The lowest BCUT2D eigenvalue weighted by atomic mass is 9.85. The van der Waals surface area contributed by atoms with Crippen LogP contribution in [0.1, 0.15) is 59.0 Å². The van der Waals surface area contributed by atoms with Gasteiger partial charge in [-0.3, -0.25) is 4.79 Å². The lowest BCUT2D eigenvalue weighted by Crippen LogP contribution is -2.31. The topological polar surface area (TPSA) is 78.3 Å². The first-order valence-electron chi connectivity index (χ1n) is 9.67. The van der Waals surface area contributed by atoms with Gasteiger partial charge in [0.2, 0.25) is 0 Å². The third-order valence-electron chi connectivity index (χ3n) is 5.51. The third-order valence-corrected chi connectivity index (χ3v) is 5.51. The molecule has 1 aliphatic heterocycles. The van der Waals surface area contributed by atoms with E-state index in [0.29, 0.717) is 25.5 Å². The van der Waals surface area contributed by atoms with Crippen LogP contribution in [0.3, 0.4) is 0 Å². The molecule has 3 atom stereocenters. The minimum Gasteiger partial charge on any atom is -0.376 e. The number of hydrogen-bond donors (Lipinski definition) is 1. The summed E-state index contributed by atoms with van der Waals surface area (Å²) < 4.78 is 12.9. The first-order valence-corrected chi connectivity index (χ1v) is 9.67. The number of benzene rings is 1. The van der Waals surface area contributed by atoms with Crippen LogP contribution in [-0.4, -0.2) is 46.8 Å². The van der Waals surface area contributed by atoms with Crippen LogP contribution < -0.4 is 5.32 Å². The number of rotatable bonds is 5. The third kappa shape index (κ3) is 3.61. The van der Waals surface area contributed by atoms with Crippen molar-refractivity contribution in [3.8, 4) is 0 Å². The van der Waals surface area contributed by atoms with Gasteiger partial charge in [-0.1, -0.05) is 23.4 Å². The molecule has 27 heavy (non-hydrogen) atoms. The molecule has 7 nitrogen and oxygen atoms in total. The fourth-order valence-electron chi connectivity index (χ4n) is 4.10. The zero-order valence-electron chi connectivity index (χ0n) is 15.9. The number of nitrogens with zero attached hydrogens (tertiary/aromatic N) is 3. The van der Waals surface area contributed by atoms with E-state index in [1.165, 1.54) is 16.7 Å². The second kappa shape index (κ2) is 7.78. The zero-order valence-corrected chi connectivity index (χ0v) is 15.9. The average Bonchev–Trinajstić information content (AvgIpc) is 3.32. The second-order valence-electron chi connectivity index (χ2n) is 7.24. The molecule has 4 rings (SSSR count). The van der Waals surface area contributed by atoms with E-state index in [-0.39, 0.29) is 24.1 Å². The molecule has 1 unspecified atom stereocenters. The molecule has 1 N–H and O–H groups in total. The molecule has 0 radical (unpaired) electrons. The van der Waals surface area contributed by atoms with E-state index < -0.39 is 0 Å². The van der Waals surface area contributed by atoms with Crippen molar-refractivity contribution in [3.63, 3.8) is 0 Å². The Morgan fingerprint density at radius 2 is 2.30 bits per heavy atom. The summed E-state index contributed by atoms with van der Waals surface area (Å²) in [5.74, 6) is -0.188. The van der Waals surface area contributed by atoms with Gasteiger partial charge in [0.15, 0.2) is 5.69 Å². The van der Waals surface area contributed by atoms with Gasteiger partial charge in [0, 0.05) is 6.61 Å². The highest BCUT2D eigenvalue weighted by molar-refractivity contribution is 5.92. The van der Waals surface area contributed by atoms with Crippen LogP contribution in [0.4, 0.5) is 0 Å². The molecule has 1 aromatic heterocycles. The molecule has 1 amide bonds. The molecule has 0 bridgehead atoms. The molecule has 1 aromatic carbocycles. The number of nitrogens with one attached hydrogen (secondary N) is 1. The fraction of sp³-hybridized carbons (Fsp3) is 0.550. The van der Waals surface area contributed by atoms with Gasteiger partial charge in [-0.2, -0.15) is 0 Å². The van der Waals surface area contributed by atoms with Crippen molar-refractivity contribution in [2.45, 2.75) is 51.3 Å². The van der Waals surface area contributed by atoms with E-state index >= 15 is 0 Å². The molecular weight excluding hydrogens is 344 g/mol. The van der Waals surface area contributed by atoms with Crippen molar-refractivity contribution in [3.05, 3.63) is 46.8 Å². The monoisotopic (exact) mass is 370 g/mol. The predicted octanol–water partition coefficient (Wildman–Crippen LogP) is 2.37. The maximum atomic E-state index is 12.8. The Hall–Kier alpha value is -2.25. The van der Waals surface area contributed by atoms with E-state index in [1.54, 1.807) is 10.9 Å². The minimum atomic E-state index is -0.188. The van der Waals surface area contributed by atoms with Gasteiger partial charge in [0.25, 0.3) is 5.91 Å². The predicted molar refractivity (Wildman–Crippen MR) is 99.6 cm³/mol. The van der Waals surface area contributed by atoms with Crippen molar-refractivity contribution in [1.29, 1.82) is 0 Å². The molecule has 0 saturated carbocycles.